The predicted octanol–water partition coefficient (Wildman–Crippen LogP) is 3.08. The predicted molar refractivity (Wildman–Crippen MR) is 104 cm³/mol. The van der Waals surface area contributed by atoms with E-state index in [1.54, 1.807) is 6.20 Å². The summed E-state index contributed by atoms with van der Waals surface area (Å²) in [6, 6.07) is 8.31. The molecule has 1 saturated heterocycles. The second kappa shape index (κ2) is 8.73. The van der Waals surface area contributed by atoms with Crippen molar-refractivity contribution in [3.05, 3.63) is 47.3 Å². The van der Waals surface area contributed by atoms with Crippen LogP contribution in [-0.4, -0.2) is 44.3 Å². The van der Waals surface area contributed by atoms with Crippen molar-refractivity contribution in [2.24, 2.45) is 5.92 Å². The Morgan fingerprint density at radius 3 is 2.81 bits per heavy atom. The van der Waals surface area contributed by atoms with Crippen LogP contribution in [0.15, 0.2) is 35.6 Å². The number of hydrogen-bond acceptors (Lipinski definition) is 4. The number of benzene rings is 1. The standard InChI is InChI=1S/C20H27N3O2S/c1-15-6-8-22(9-7-15)19(25)14-26-20-21-11-18(13-24)23(20)12-17-5-3-4-16(2)10-17/h3-5,10-11,15,24H,6-9,12-14H2,1-2H3. The molecule has 3 rings (SSSR count). The molecule has 0 saturated carbocycles. The molecule has 6 heteroatoms. The number of likely N-dealkylation sites (tertiary alicyclic amines) is 1. The molecule has 140 valence electrons. The molecule has 26 heavy (non-hydrogen) atoms. The van der Waals surface area contributed by atoms with Crippen LogP contribution in [0.25, 0.3) is 0 Å². The molecule has 1 N–H and O–H groups in total. The van der Waals surface area contributed by atoms with E-state index in [4.69, 9.17) is 0 Å². The van der Waals surface area contributed by atoms with Gasteiger partial charge in [-0.3, -0.25) is 4.79 Å². The van der Waals surface area contributed by atoms with Gasteiger partial charge in [0, 0.05) is 19.6 Å². The van der Waals surface area contributed by atoms with Gasteiger partial charge in [-0.2, -0.15) is 0 Å². The Morgan fingerprint density at radius 2 is 2.12 bits per heavy atom. The van der Waals surface area contributed by atoms with Gasteiger partial charge < -0.3 is 14.6 Å². The minimum Gasteiger partial charge on any atom is -0.390 e. The number of nitrogens with zero attached hydrogens (tertiary/aromatic N) is 3. The molecule has 0 atom stereocenters. The highest BCUT2D eigenvalue weighted by Gasteiger charge is 2.21. The van der Waals surface area contributed by atoms with Crippen LogP contribution >= 0.6 is 11.8 Å². The summed E-state index contributed by atoms with van der Waals surface area (Å²) in [4.78, 5) is 18.9. The van der Waals surface area contributed by atoms with Gasteiger partial charge in [0.1, 0.15) is 0 Å². The van der Waals surface area contributed by atoms with Gasteiger partial charge in [-0.1, -0.05) is 48.5 Å². The molecule has 0 aliphatic carbocycles. The number of aromatic nitrogens is 2. The highest BCUT2D eigenvalue weighted by atomic mass is 32.2. The van der Waals surface area contributed by atoms with E-state index in [1.807, 2.05) is 15.5 Å². The number of rotatable bonds is 6. The molecular formula is C20H27N3O2S. The first-order valence-corrected chi connectivity index (χ1v) is 10.2. The topological polar surface area (TPSA) is 58.4 Å². The SMILES string of the molecule is Cc1cccc(Cn2c(CO)cnc2SCC(=O)N2CCC(C)CC2)c1. The average molecular weight is 374 g/mol. The van der Waals surface area contributed by atoms with Crippen molar-refractivity contribution >= 4 is 17.7 Å². The van der Waals surface area contributed by atoms with E-state index in [9.17, 15) is 9.90 Å². The number of carbonyl (C=O) groups is 1. The Bertz CT molecular complexity index is 751. The Balaban J connectivity index is 1.66. The summed E-state index contributed by atoms with van der Waals surface area (Å²) >= 11 is 1.46. The molecule has 1 aliphatic rings. The molecule has 1 amide bonds. The van der Waals surface area contributed by atoms with Gasteiger partial charge in [0.2, 0.25) is 5.91 Å². The van der Waals surface area contributed by atoms with Gasteiger partial charge in [-0.25, -0.2) is 4.98 Å². The molecule has 0 bridgehead atoms. The van der Waals surface area contributed by atoms with Gasteiger partial charge in [0.15, 0.2) is 5.16 Å². The maximum absolute atomic E-state index is 12.5. The van der Waals surface area contributed by atoms with Gasteiger partial charge >= 0.3 is 0 Å². The average Bonchev–Trinajstić information content (AvgIpc) is 3.02. The van der Waals surface area contributed by atoms with Crippen LogP contribution in [0.3, 0.4) is 0 Å². The van der Waals surface area contributed by atoms with Gasteiger partial charge in [0.05, 0.1) is 24.3 Å². The monoisotopic (exact) mass is 373 g/mol. The van der Waals surface area contributed by atoms with Crippen LogP contribution < -0.4 is 0 Å². The summed E-state index contributed by atoms with van der Waals surface area (Å²) in [6.07, 6.45) is 3.88. The number of carbonyl (C=O) groups excluding carboxylic acids is 1. The molecule has 1 aromatic heterocycles. The van der Waals surface area contributed by atoms with Gasteiger partial charge in [-0.05, 0) is 31.2 Å². The third-order valence-corrected chi connectivity index (χ3v) is 5.92. The molecule has 2 heterocycles. The van der Waals surface area contributed by atoms with E-state index in [2.05, 4.69) is 37.0 Å². The van der Waals surface area contributed by atoms with Crippen LogP contribution in [-0.2, 0) is 17.9 Å². The Kier molecular flexibility index (Phi) is 6.38. The van der Waals surface area contributed by atoms with E-state index in [1.165, 1.54) is 17.3 Å². The third-order valence-electron chi connectivity index (χ3n) is 4.95. The second-order valence-corrected chi connectivity index (χ2v) is 8.06. The van der Waals surface area contributed by atoms with E-state index in [0.717, 1.165) is 42.3 Å². The summed E-state index contributed by atoms with van der Waals surface area (Å²) < 4.78 is 2.00. The lowest BCUT2D eigenvalue weighted by atomic mass is 9.99. The van der Waals surface area contributed by atoms with E-state index >= 15 is 0 Å². The number of amides is 1. The zero-order chi connectivity index (χ0) is 18.5. The van der Waals surface area contributed by atoms with Crippen molar-refractivity contribution in [1.29, 1.82) is 0 Å². The fraction of sp³-hybridized carbons (Fsp3) is 0.500. The van der Waals surface area contributed by atoms with Crippen molar-refractivity contribution in [2.75, 3.05) is 18.8 Å². The molecular weight excluding hydrogens is 346 g/mol. The number of piperidine rings is 1. The van der Waals surface area contributed by atoms with Crippen molar-refractivity contribution in [3.63, 3.8) is 0 Å². The fourth-order valence-electron chi connectivity index (χ4n) is 3.27. The maximum Gasteiger partial charge on any atom is 0.233 e. The Labute approximate surface area is 159 Å². The molecule has 1 fully saturated rings. The Morgan fingerprint density at radius 1 is 1.35 bits per heavy atom. The molecule has 1 aliphatic heterocycles. The molecule has 2 aromatic rings. The number of thioether (sulfide) groups is 1. The number of hydrogen-bond donors (Lipinski definition) is 1. The smallest absolute Gasteiger partial charge is 0.233 e. The summed E-state index contributed by atoms with van der Waals surface area (Å²) in [7, 11) is 0. The van der Waals surface area contributed by atoms with Crippen LogP contribution in [0.4, 0.5) is 0 Å². The largest absolute Gasteiger partial charge is 0.390 e. The van der Waals surface area contributed by atoms with Crippen molar-refractivity contribution in [3.8, 4) is 0 Å². The van der Waals surface area contributed by atoms with Crippen LogP contribution in [0.5, 0.6) is 0 Å². The van der Waals surface area contributed by atoms with Crippen LogP contribution in [0.2, 0.25) is 0 Å². The van der Waals surface area contributed by atoms with Crippen LogP contribution in [0, 0.1) is 12.8 Å². The van der Waals surface area contributed by atoms with E-state index < -0.39 is 0 Å². The summed E-state index contributed by atoms with van der Waals surface area (Å²) in [6.45, 7) is 6.63. The van der Waals surface area contributed by atoms with Gasteiger partial charge in [-0.15, -0.1) is 0 Å². The lowest BCUT2D eigenvalue weighted by Gasteiger charge is -2.30. The zero-order valence-corrected chi connectivity index (χ0v) is 16.3. The number of aliphatic hydroxyl groups excluding tert-OH is 1. The molecule has 0 unspecified atom stereocenters. The lowest BCUT2D eigenvalue weighted by Crippen LogP contribution is -2.38. The zero-order valence-electron chi connectivity index (χ0n) is 15.5. The highest BCUT2D eigenvalue weighted by Crippen LogP contribution is 2.23. The minimum absolute atomic E-state index is 0.0582. The maximum atomic E-state index is 12.5. The first-order valence-electron chi connectivity index (χ1n) is 9.18. The number of aliphatic hydroxyl groups is 1. The quantitative estimate of drug-likeness (QED) is 0.791. The Hall–Kier alpha value is -1.79. The van der Waals surface area contributed by atoms with Crippen molar-refractivity contribution < 1.29 is 9.90 Å². The summed E-state index contributed by atoms with van der Waals surface area (Å²) in [5.41, 5.74) is 3.14. The summed E-state index contributed by atoms with van der Waals surface area (Å²) in [5, 5.41) is 10.4. The van der Waals surface area contributed by atoms with E-state index in [-0.39, 0.29) is 12.5 Å². The molecule has 0 spiro atoms. The molecule has 1 aromatic carbocycles. The van der Waals surface area contributed by atoms with Crippen molar-refractivity contribution in [2.45, 2.75) is 45.0 Å². The lowest BCUT2D eigenvalue weighted by molar-refractivity contribution is -0.129. The van der Waals surface area contributed by atoms with Crippen LogP contribution in [0.1, 0.15) is 36.6 Å². The first kappa shape index (κ1) is 19.0. The minimum atomic E-state index is -0.0582. The normalized spacial score (nSPS) is 15.4. The molecule has 5 nitrogen and oxygen atoms in total. The van der Waals surface area contributed by atoms with Gasteiger partial charge in [0.25, 0.3) is 0 Å². The fourth-order valence-corrected chi connectivity index (χ4v) is 4.17. The summed E-state index contributed by atoms with van der Waals surface area (Å²) in [5.74, 6) is 1.29. The van der Waals surface area contributed by atoms with Crippen molar-refractivity contribution in [1.82, 2.24) is 14.5 Å². The third kappa shape index (κ3) is 4.68. The number of aryl methyl sites for hydroxylation is 1. The molecule has 0 radical (unpaired) electrons. The number of imidazole rings is 1. The second-order valence-electron chi connectivity index (χ2n) is 7.12. The first-order chi connectivity index (χ1) is 12.6. The van der Waals surface area contributed by atoms with E-state index in [0.29, 0.717) is 18.2 Å². The highest BCUT2D eigenvalue weighted by molar-refractivity contribution is 7.99.